The fourth-order valence-electron chi connectivity index (χ4n) is 2.55. The maximum absolute atomic E-state index is 5.83. The Kier molecular flexibility index (Phi) is 5.12. The first-order valence-corrected chi connectivity index (χ1v) is 8.03. The molecule has 1 aromatic heterocycles. The van der Waals surface area contributed by atoms with Gasteiger partial charge in [0.15, 0.2) is 0 Å². The summed E-state index contributed by atoms with van der Waals surface area (Å²) >= 11 is 0. The highest BCUT2D eigenvalue weighted by molar-refractivity contribution is 5.35. The summed E-state index contributed by atoms with van der Waals surface area (Å²) in [6.07, 6.45) is 1.86. The molecule has 0 fully saturated rings. The van der Waals surface area contributed by atoms with E-state index in [9.17, 15) is 0 Å². The van der Waals surface area contributed by atoms with Crippen molar-refractivity contribution in [3.8, 4) is 11.6 Å². The first kappa shape index (κ1) is 16.1. The number of hydrogen-bond acceptors (Lipinski definition) is 3. The van der Waals surface area contributed by atoms with Gasteiger partial charge in [-0.05, 0) is 28.8 Å². The molecule has 3 rings (SSSR count). The van der Waals surface area contributed by atoms with E-state index in [0.717, 1.165) is 11.3 Å². The van der Waals surface area contributed by atoms with Crippen molar-refractivity contribution in [1.82, 2.24) is 4.98 Å². The predicted molar refractivity (Wildman–Crippen MR) is 95.5 cm³/mol. The van der Waals surface area contributed by atoms with Crippen LogP contribution in [0.4, 0.5) is 0 Å². The van der Waals surface area contributed by atoms with Crippen LogP contribution < -0.4 is 9.47 Å². The Hall–Kier alpha value is -2.81. The van der Waals surface area contributed by atoms with Crippen LogP contribution in [0.15, 0.2) is 72.9 Å². The van der Waals surface area contributed by atoms with Crippen molar-refractivity contribution < 1.29 is 9.47 Å². The quantitative estimate of drug-likeness (QED) is 0.652. The molecule has 24 heavy (non-hydrogen) atoms. The molecule has 0 spiro atoms. The standard InChI is InChI=1S/C21H21NO2/c1-16(19-10-13-21(23-2)22-14-19)18-8-11-20(12-9-18)24-15-17-6-4-3-5-7-17/h3-14,16H,15H2,1-2H3. The number of ether oxygens (including phenoxy) is 2. The zero-order valence-corrected chi connectivity index (χ0v) is 14.0. The molecule has 2 aromatic carbocycles. The lowest BCUT2D eigenvalue weighted by Gasteiger charge is -2.13. The summed E-state index contributed by atoms with van der Waals surface area (Å²) in [5.74, 6) is 1.78. The minimum absolute atomic E-state index is 0.270. The van der Waals surface area contributed by atoms with E-state index in [1.807, 2.05) is 42.6 Å². The van der Waals surface area contributed by atoms with Crippen molar-refractivity contribution >= 4 is 0 Å². The Labute approximate surface area is 142 Å². The number of methoxy groups -OCH3 is 1. The minimum Gasteiger partial charge on any atom is -0.489 e. The first-order valence-electron chi connectivity index (χ1n) is 8.03. The number of benzene rings is 2. The molecule has 0 saturated carbocycles. The summed E-state index contributed by atoms with van der Waals surface area (Å²) in [5, 5.41) is 0. The molecular formula is C21H21NO2. The van der Waals surface area contributed by atoms with Crippen LogP contribution in [-0.2, 0) is 6.61 Å². The van der Waals surface area contributed by atoms with Crippen molar-refractivity contribution in [1.29, 1.82) is 0 Å². The van der Waals surface area contributed by atoms with Crippen LogP contribution in [0.5, 0.6) is 11.6 Å². The van der Waals surface area contributed by atoms with Gasteiger partial charge < -0.3 is 9.47 Å². The second-order valence-corrected chi connectivity index (χ2v) is 5.70. The van der Waals surface area contributed by atoms with Crippen molar-refractivity contribution in [3.63, 3.8) is 0 Å². The van der Waals surface area contributed by atoms with E-state index in [2.05, 4.69) is 42.2 Å². The van der Waals surface area contributed by atoms with Crippen LogP contribution in [0.2, 0.25) is 0 Å². The lowest BCUT2D eigenvalue weighted by molar-refractivity contribution is 0.306. The van der Waals surface area contributed by atoms with Gasteiger partial charge in [0.2, 0.25) is 5.88 Å². The molecule has 0 aliphatic carbocycles. The number of pyridine rings is 1. The van der Waals surface area contributed by atoms with Crippen molar-refractivity contribution in [2.24, 2.45) is 0 Å². The molecule has 1 unspecified atom stereocenters. The molecule has 0 radical (unpaired) electrons. The van der Waals surface area contributed by atoms with Gasteiger partial charge in [0.1, 0.15) is 12.4 Å². The third-order valence-electron chi connectivity index (χ3n) is 4.10. The summed E-state index contributed by atoms with van der Waals surface area (Å²) in [4.78, 5) is 4.28. The fraction of sp³-hybridized carbons (Fsp3) is 0.190. The van der Waals surface area contributed by atoms with Gasteiger partial charge in [-0.3, -0.25) is 0 Å². The van der Waals surface area contributed by atoms with Gasteiger partial charge in [-0.25, -0.2) is 4.98 Å². The fourth-order valence-corrected chi connectivity index (χ4v) is 2.55. The van der Waals surface area contributed by atoms with Crippen LogP contribution in [0.25, 0.3) is 0 Å². The molecule has 0 saturated heterocycles. The number of hydrogen-bond donors (Lipinski definition) is 0. The van der Waals surface area contributed by atoms with Gasteiger partial charge >= 0.3 is 0 Å². The minimum atomic E-state index is 0.270. The van der Waals surface area contributed by atoms with Gasteiger partial charge in [-0.1, -0.05) is 55.5 Å². The molecule has 3 nitrogen and oxygen atoms in total. The average molecular weight is 319 g/mol. The van der Waals surface area contributed by atoms with E-state index in [-0.39, 0.29) is 5.92 Å². The highest BCUT2D eigenvalue weighted by Crippen LogP contribution is 2.26. The highest BCUT2D eigenvalue weighted by atomic mass is 16.5. The van der Waals surface area contributed by atoms with E-state index in [4.69, 9.17) is 9.47 Å². The molecule has 3 heteroatoms. The smallest absolute Gasteiger partial charge is 0.212 e. The first-order chi connectivity index (χ1) is 11.8. The zero-order chi connectivity index (χ0) is 16.8. The van der Waals surface area contributed by atoms with Crippen molar-refractivity contribution in [2.75, 3.05) is 7.11 Å². The third kappa shape index (κ3) is 3.93. The monoisotopic (exact) mass is 319 g/mol. The summed E-state index contributed by atoms with van der Waals surface area (Å²) in [6.45, 7) is 2.75. The number of rotatable bonds is 6. The molecule has 0 amide bonds. The SMILES string of the molecule is COc1ccc(C(C)c2ccc(OCc3ccccc3)cc2)cn1. The lowest BCUT2D eigenvalue weighted by atomic mass is 9.94. The van der Waals surface area contributed by atoms with E-state index in [1.54, 1.807) is 7.11 Å². The maximum atomic E-state index is 5.83. The van der Waals surface area contributed by atoms with Gasteiger partial charge in [-0.2, -0.15) is 0 Å². The van der Waals surface area contributed by atoms with Crippen molar-refractivity contribution in [2.45, 2.75) is 19.4 Å². The molecule has 0 N–H and O–H groups in total. The lowest BCUT2D eigenvalue weighted by Crippen LogP contribution is -1.99. The Bertz CT molecular complexity index is 752. The van der Waals surface area contributed by atoms with Gasteiger partial charge in [0.05, 0.1) is 7.11 Å². The van der Waals surface area contributed by atoms with E-state index < -0.39 is 0 Å². The highest BCUT2D eigenvalue weighted by Gasteiger charge is 2.09. The van der Waals surface area contributed by atoms with Gasteiger partial charge in [0.25, 0.3) is 0 Å². The molecule has 1 atom stereocenters. The molecule has 1 heterocycles. The second-order valence-electron chi connectivity index (χ2n) is 5.70. The topological polar surface area (TPSA) is 31.4 Å². The van der Waals surface area contributed by atoms with E-state index >= 15 is 0 Å². The molecule has 0 aliphatic heterocycles. The Morgan fingerprint density at radius 2 is 1.58 bits per heavy atom. The number of aromatic nitrogens is 1. The van der Waals surface area contributed by atoms with Crippen LogP contribution in [0.3, 0.4) is 0 Å². The largest absolute Gasteiger partial charge is 0.489 e. The third-order valence-corrected chi connectivity index (χ3v) is 4.10. The van der Waals surface area contributed by atoms with Gasteiger partial charge in [-0.15, -0.1) is 0 Å². The van der Waals surface area contributed by atoms with E-state index in [1.165, 1.54) is 11.1 Å². The molecule has 122 valence electrons. The molecule has 0 bridgehead atoms. The van der Waals surface area contributed by atoms with Gasteiger partial charge in [0, 0.05) is 18.2 Å². The summed E-state index contributed by atoms with van der Waals surface area (Å²) in [6, 6.07) is 22.4. The predicted octanol–water partition coefficient (Wildman–Crippen LogP) is 4.82. The summed E-state index contributed by atoms with van der Waals surface area (Å²) in [7, 11) is 1.62. The van der Waals surface area contributed by atoms with E-state index in [0.29, 0.717) is 12.5 Å². The van der Waals surface area contributed by atoms with Crippen LogP contribution in [0, 0.1) is 0 Å². The van der Waals surface area contributed by atoms with Crippen LogP contribution >= 0.6 is 0 Å². The zero-order valence-electron chi connectivity index (χ0n) is 14.0. The normalized spacial score (nSPS) is 11.8. The molecular weight excluding hydrogens is 298 g/mol. The van der Waals surface area contributed by atoms with Crippen molar-refractivity contribution in [3.05, 3.63) is 89.6 Å². The Morgan fingerprint density at radius 1 is 0.875 bits per heavy atom. The Balaban J connectivity index is 1.64. The summed E-state index contributed by atoms with van der Waals surface area (Å²) < 4.78 is 10.9. The summed E-state index contributed by atoms with van der Waals surface area (Å²) in [5.41, 5.74) is 3.56. The van der Waals surface area contributed by atoms with Crippen LogP contribution in [-0.4, -0.2) is 12.1 Å². The Morgan fingerprint density at radius 3 is 2.21 bits per heavy atom. The molecule has 3 aromatic rings. The van der Waals surface area contributed by atoms with Crippen LogP contribution in [0.1, 0.15) is 29.5 Å². The maximum Gasteiger partial charge on any atom is 0.212 e. The second kappa shape index (κ2) is 7.64. The molecule has 0 aliphatic rings. The number of nitrogens with zero attached hydrogens (tertiary/aromatic N) is 1. The average Bonchev–Trinajstić information content (AvgIpc) is 2.67.